The van der Waals surface area contributed by atoms with E-state index in [0.717, 1.165) is 11.0 Å². The molecule has 49 valence electrons. The topological polar surface area (TPSA) is 17.8 Å². The highest BCUT2D eigenvalue weighted by atomic mass is 35.5. The summed E-state index contributed by atoms with van der Waals surface area (Å²) in [5.74, 6) is 0. The lowest BCUT2D eigenvalue weighted by Crippen LogP contribution is -1.73. The van der Waals surface area contributed by atoms with Gasteiger partial charge in [-0.1, -0.05) is 12.1 Å². The van der Waals surface area contributed by atoms with E-state index in [4.69, 9.17) is 11.8 Å². The van der Waals surface area contributed by atoms with Gasteiger partial charge in [0.1, 0.15) is 0 Å². The van der Waals surface area contributed by atoms with E-state index in [1.165, 1.54) is 4.09 Å². The van der Waals surface area contributed by atoms with Gasteiger partial charge < -0.3 is 0 Å². The van der Waals surface area contributed by atoms with Crippen LogP contribution in [0, 0.1) is 6.33 Å². The molecule has 1 aromatic heterocycles. The Labute approximate surface area is 63.2 Å². The Morgan fingerprint density at radius 2 is 2.20 bits per heavy atom. The SMILES string of the molecule is Cln1[c]nc2ccccc21. The molecule has 0 saturated carbocycles. The van der Waals surface area contributed by atoms with Crippen LogP contribution in [0.1, 0.15) is 0 Å². The van der Waals surface area contributed by atoms with Crippen LogP contribution in [0.15, 0.2) is 24.3 Å². The molecule has 0 bridgehead atoms. The van der Waals surface area contributed by atoms with E-state index in [-0.39, 0.29) is 0 Å². The molecule has 2 nitrogen and oxygen atoms in total. The van der Waals surface area contributed by atoms with Crippen LogP contribution >= 0.6 is 11.8 Å². The number of fused-ring (bicyclic) bond motifs is 1. The number of hydrogen-bond donors (Lipinski definition) is 0. The van der Waals surface area contributed by atoms with Gasteiger partial charge in [0.25, 0.3) is 0 Å². The van der Waals surface area contributed by atoms with Gasteiger partial charge in [0.05, 0.1) is 11.0 Å². The molecule has 2 rings (SSSR count). The lowest BCUT2D eigenvalue weighted by Gasteiger charge is -1.86. The molecule has 1 radical (unpaired) electrons. The lowest BCUT2D eigenvalue weighted by atomic mass is 10.3. The molecule has 0 aliphatic heterocycles. The van der Waals surface area contributed by atoms with Gasteiger partial charge in [-0.15, -0.1) is 0 Å². The van der Waals surface area contributed by atoms with Crippen LogP contribution in [0.4, 0.5) is 0 Å². The fraction of sp³-hybridized carbons (Fsp3) is 0. The normalized spacial score (nSPS) is 10.5. The lowest BCUT2D eigenvalue weighted by molar-refractivity contribution is 1.23. The molecule has 10 heavy (non-hydrogen) atoms. The molecule has 0 aliphatic rings. The van der Waals surface area contributed by atoms with Gasteiger partial charge in [-0.2, -0.15) is 0 Å². The van der Waals surface area contributed by atoms with Crippen molar-refractivity contribution in [3.05, 3.63) is 30.6 Å². The van der Waals surface area contributed by atoms with Crippen LogP contribution in [0.5, 0.6) is 0 Å². The monoisotopic (exact) mass is 151 g/mol. The standard InChI is InChI=1S/C7H4ClN2/c8-10-5-9-6-3-1-2-4-7(6)10/h1-4H. The number of benzene rings is 1. The predicted molar refractivity (Wildman–Crippen MR) is 39.8 cm³/mol. The predicted octanol–water partition coefficient (Wildman–Crippen LogP) is 1.84. The van der Waals surface area contributed by atoms with Crippen molar-refractivity contribution in [2.45, 2.75) is 0 Å². The molecule has 0 amide bonds. The number of halogens is 1. The second-order valence-electron chi connectivity index (χ2n) is 1.98. The fourth-order valence-electron chi connectivity index (χ4n) is 0.876. The van der Waals surface area contributed by atoms with Crippen LogP contribution in [-0.2, 0) is 0 Å². The van der Waals surface area contributed by atoms with Crippen LogP contribution in [0.3, 0.4) is 0 Å². The van der Waals surface area contributed by atoms with Crippen LogP contribution in [0.2, 0.25) is 0 Å². The maximum Gasteiger partial charge on any atom is 0.193 e. The van der Waals surface area contributed by atoms with Crippen LogP contribution in [-0.4, -0.2) is 9.07 Å². The highest BCUT2D eigenvalue weighted by Crippen LogP contribution is 2.11. The smallest absolute Gasteiger partial charge is 0.193 e. The van der Waals surface area contributed by atoms with Crippen LogP contribution < -0.4 is 0 Å². The molecular formula is C7H4ClN2. The molecule has 0 N–H and O–H groups in total. The molecule has 0 saturated heterocycles. The summed E-state index contributed by atoms with van der Waals surface area (Å²) in [4.78, 5) is 3.92. The Morgan fingerprint density at radius 3 is 3.00 bits per heavy atom. The first-order valence-electron chi connectivity index (χ1n) is 2.89. The van der Waals surface area contributed by atoms with E-state index in [1.807, 2.05) is 24.3 Å². The van der Waals surface area contributed by atoms with Crippen molar-refractivity contribution in [3.8, 4) is 0 Å². The van der Waals surface area contributed by atoms with Gasteiger partial charge in [-0.3, -0.25) is 0 Å². The summed E-state index contributed by atoms with van der Waals surface area (Å²) in [6.07, 6.45) is 2.61. The minimum atomic E-state index is 0.873. The zero-order chi connectivity index (χ0) is 6.97. The van der Waals surface area contributed by atoms with Crippen LogP contribution in [0.25, 0.3) is 11.0 Å². The van der Waals surface area contributed by atoms with E-state index in [2.05, 4.69) is 11.3 Å². The van der Waals surface area contributed by atoms with Gasteiger partial charge in [0, 0.05) is 11.8 Å². The summed E-state index contributed by atoms with van der Waals surface area (Å²) in [5, 5.41) is 0. The summed E-state index contributed by atoms with van der Waals surface area (Å²) < 4.78 is 1.36. The van der Waals surface area contributed by atoms with Gasteiger partial charge in [0.15, 0.2) is 6.33 Å². The quantitative estimate of drug-likeness (QED) is 0.562. The third-order valence-corrected chi connectivity index (χ3v) is 1.61. The summed E-state index contributed by atoms with van der Waals surface area (Å²) >= 11 is 5.67. The van der Waals surface area contributed by atoms with Gasteiger partial charge in [-0.25, -0.2) is 9.07 Å². The van der Waals surface area contributed by atoms with Crippen molar-refractivity contribution in [3.63, 3.8) is 0 Å². The number of imidazole rings is 1. The third kappa shape index (κ3) is 0.693. The molecule has 3 heteroatoms. The van der Waals surface area contributed by atoms with Crippen molar-refractivity contribution in [1.82, 2.24) is 9.07 Å². The van der Waals surface area contributed by atoms with Crippen molar-refractivity contribution >= 4 is 22.8 Å². The first-order valence-corrected chi connectivity index (χ1v) is 3.23. The van der Waals surface area contributed by atoms with Gasteiger partial charge in [0.2, 0.25) is 0 Å². The highest BCUT2D eigenvalue weighted by Gasteiger charge is 1.96. The third-order valence-electron chi connectivity index (χ3n) is 1.35. The first-order chi connectivity index (χ1) is 4.88. The molecule has 0 spiro atoms. The van der Waals surface area contributed by atoms with E-state index in [0.29, 0.717) is 0 Å². The molecule has 1 heterocycles. The van der Waals surface area contributed by atoms with Crippen molar-refractivity contribution in [2.24, 2.45) is 0 Å². The van der Waals surface area contributed by atoms with Crippen molar-refractivity contribution in [1.29, 1.82) is 0 Å². The van der Waals surface area contributed by atoms with E-state index in [1.54, 1.807) is 0 Å². The average molecular weight is 152 g/mol. The Hall–Kier alpha value is -1.02. The van der Waals surface area contributed by atoms with E-state index < -0.39 is 0 Å². The van der Waals surface area contributed by atoms with Gasteiger partial charge in [-0.05, 0) is 12.1 Å². The van der Waals surface area contributed by atoms with E-state index >= 15 is 0 Å². The minimum absolute atomic E-state index is 0.873. The molecule has 0 atom stereocenters. The molecule has 2 aromatic rings. The zero-order valence-electron chi connectivity index (χ0n) is 5.08. The molecule has 0 fully saturated rings. The highest BCUT2D eigenvalue weighted by molar-refractivity contribution is 6.18. The summed E-state index contributed by atoms with van der Waals surface area (Å²) in [6, 6.07) is 7.62. The summed E-state index contributed by atoms with van der Waals surface area (Å²) in [6.45, 7) is 0. The maximum absolute atomic E-state index is 5.67. The second kappa shape index (κ2) is 1.99. The fourth-order valence-corrected chi connectivity index (χ4v) is 1.06. The Morgan fingerprint density at radius 1 is 1.40 bits per heavy atom. The summed E-state index contributed by atoms with van der Waals surface area (Å²) in [7, 11) is 0. The number of nitrogens with zero attached hydrogens (tertiary/aromatic N) is 2. The maximum atomic E-state index is 5.67. The number of rotatable bonds is 0. The van der Waals surface area contributed by atoms with Gasteiger partial charge >= 0.3 is 0 Å². The minimum Gasteiger partial charge on any atom is -0.231 e. The number of hydrogen-bond acceptors (Lipinski definition) is 1. The Balaban J connectivity index is 2.93. The number of para-hydroxylation sites is 2. The molecule has 1 aromatic carbocycles. The van der Waals surface area contributed by atoms with Crippen molar-refractivity contribution < 1.29 is 0 Å². The zero-order valence-corrected chi connectivity index (χ0v) is 5.84. The first kappa shape index (κ1) is 5.74. The second-order valence-corrected chi connectivity index (χ2v) is 2.32. The number of aromatic nitrogens is 2. The Kier molecular flexibility index (Phi) is 1.14. The average Bonchev–Trinajstić information content (AvgIpc) is 2.34. The van der Waals surface area contributed by atoms with Crippen molar-refractivity contribution in [2.75, 3.05) is 0 Å². The Bertz CT molecular complexity index is 353. The molecule has 0 unspecified atom stereocenters. The summed E-state index contributed by atoms with van der Waals surface area (Å²) in [5.41, 5.74) is 1.77. The molecule has 0 aliphatic carbocycles. The molecular weight excluding hydrogens is 148 g/mol. The largest absolute Gasteiger partial charge is 0.231 e. The van der Waals surface area contributed by atoms with E-state index in [9.17, 15) is 0 Å².